The zero-order valence-corrected chi connectivity index (χ0v) is 20.5. The summed E-state index contributed by atoms with van der Waals surface area (Å²) in [4.78, 5) is 32.0. The zero-order valence-electron chi connectivity index (χ0n) is 19.7. The van der Waals surface area contributed by atoms with E-state index in [1.165, 1.54) is 9.75 Å². The third-order valence-corrected chi connectivity index (χ3v) is 7.06. The minimum Gasteiger partial charge on any atom is -0.481 e. The molecule has 1 atom stereocenters. The quantitative estimate of drug-likeness (QED) is 0.328. The highest BCUT2D eigenvalue weighted by Crippen LogP contribution is 2.29. The van der Waals surface area contributed by atoms with Crippen molar-refractivity contribution in [3.05, 3.63) is 51.5 Å². The Morgan fingerprint density at radius 1 is 1.12 bits per heavy atom. The smallest absolute Gasteiger partial charge is 0.306 e. The standard InChI is InChI=1S/C26H34N2O3S/c1-6-20(7-2)28-23-11-9-18(24(29)14-19(26(30)31)12-16(3)4)13-22(23)27-25(28)15-21-10-8-17(5)32-21/h8-11,13,16,19-20H,6-7,12,14-15H2,1-5H3,(H,30,31)/t19-/m1/s1. The predicted molar refractivity (Wildman–Crippen MR) is 131 cm³/mol. The van der Waals surface area contributed by atoms with Crippen molar-refractivity contribution in [3.8, 4) is 0 Å². The summed E-state index contributed by atoms with van der Waals surface area (Å²) in [6.07, 6.45) is 3.30. The number of rotatable bonds is 11. The largest absolute Gasteiger partial charge is 0.481 e. The molecule has 0 unspecified atom stereocenters. The SMILES string of the molecule is CCC(CC)n1c(Cc2ccc(C)s2)nc2cc(C(=O)C[C@@H](CC(C)C)C(=O)O)ccc21. The van der Waals surface area contributed by atoms with Gasteiger partial charge < -0.3 is 9.67 Å². The summed E-state index contributed by atoms with van der Waals surface area (Å²) < 4.78 is 2.33. The minimum absolute atomic E-state index is 0.0214. The van der Waals surface area contributed by atoms with Crippen LogP contribution in [0.5, 0.6) is 0 Å². The number of carboxylic acid groups (broad SMARTS) is 1. The molecular weight excluding hydrogens is 420 g/mol. The fourth-order valence-electron chi connectivity index (χ4n) is 4.43. The second-order valence-electron chi connectivity index (χ2n) is 9.05. The van der Waals surface area contributed by atoms with Crippen molar-refractivity contribution in [3.63, 3.8) is 0 Å². The van der Waals surface area contributed by atoms with Crippen molar-refractivity contribution < 1.29 is 14.7 Å². The van der Waals surface area contributed by atoms with Crippen LogP contribution in [-0.4, -0.2) is 26.4 Å². The number of Topliss-reactive ketones (excluding diaryl/α,β-unsaturated/α-hetero) is 1. The first kappa shape index (κ1) is 24.2. The van der Waals surface area contributed by atoms with E-state index in [0.29, 0.717) is 18.0 Å². The van der Waals surface area contributed by atoms with Gasteiger partial charge in [-0.2, -0.15) is 0 Å². The zero-order chi connectivity index (χ0) is 23.4. The number of fused-ring (bicyclic) bond motifs is 1. The highest BCUT2D eigenvalue weighted by atomic mass is 32.1. The summed E-state index contributed by atoms with van der Waals surface area (Å²) in [6, 6.07) is 10.3. The van der Waals surface area contributed by atoms with Crippen molar-refractivity contribution >= 4 is 34.1 Å². The van der Waals surface area contributed by atoms with Crippen LogP contribution in [0, 0.1) is 18.8 Å². The van der Waals surface area contributed by atoms with Gasteiger partial charge in [0.25, 0.3) is 0 Å². The van der Waals surface area contributed by atoms with Crippen molar-refractivity contribution in [1.29, 1.82) is 0 Å². The third kappa shape index (κ3) is 5.47. The molecule has 6 heteroatoms. The van der Waals surface area contributed by atoms with Crippen LogP contribution in [0.4, 0.5) is 0 Å². The van der Waals surface area contributed by atoms with Gasteiger partial charge in [0.05, 0.1) is 17.0 Å². The number of nitrogens with zero attached hydrogens (tertiary/aromatic N) is 2. The summed E-state index contributed by atoms with van der Waals surface area (Å²) in [5, 5.41) is 9.52. The number of thiophene rings is 1. The molecule has 2 aromatic heterocycles. The lowest BCUT2D eigenvalue weighted by Gasteiger charge is -2.19. The van der Waals surface area contributed by atoms with E-state index in [9.17, 15) is 14.7 Å². The molecule has 0 fully saturated rings. The molecule has 0 saturated carbocycles. The van der Waals surface area contributed by atoms with Gasteiger partial charge >= 0.3 is 5.97 Å². The maximum absolute atomic E-state index is 12.9. The molecule has 1 N–H and O–H groups in total. The number of aromatic nitrogens is 2. The van der Waals surface area contributed by atoms with E-state index in [1.807, 2.05) is 32.0 Å². The van der Waals surface area contributed by atoms with Crippen LogP contribution in [-0.2, 0) is 11.2 Å². The summed E-state index contributed by atoms with van der Waals surface area (Å²) in [5.74, 6) is -0.445. The van der Waals surface area contributed by atoms with Gasteiger partial charge in [0.2, 0.25) is 0 Å². The molecular formula is C26H34N2O3S. The molecule has 0 saturated heterocycles. The number of aryl methyl sites for hydroxylation is 1. The molecule has 5 nitrogen and oxygen atoms in total. The first-order chi connectivity index (χ1) is 15.2. The molecule has 0 radical (unpaired) electrons. The van der Waals surface area contributed by atoms with Crippen molar-refractivity contribution in [2.24, 2.45) is 11.8 Å². The topological polar surface area (TPSA) is 72.2 Å². The Kier molecular flexibility index (Phi) is 7.88. The summed E-state index contributed by atoms with van der Waals surface area (Å²) >= 11 is 1.79. The van der Waals surface area contributed by atoms with Crippen LogP contribution in [0.25, 0.3) is 11.0 Å². The maximum Gasteiger partial charge on any atom is 0.306 e. The molecule has 0 aliphatic carbocycles. The lowest BCUT2D eigenvalue weighted by Crippen LogP contribution is -2.20. The van der Waals surface area contributed by atoms with Crippen LogP contribution in [0.1, 0.15) is 85.4 Å². The molecule has 32 heavy (non-hydrogen) atoms. The predicted octanol–water partition coefficient (Wildman–Crippen LogP) is 6.68. The lowest BCUT2D eigenvalue weighted by atomic mass is 9.90. The third-order valence-electron chi connectivity index (χ3n) is 6.06. The van der Waals surface area contributed by atoms with Gasteiger partial charge in [0.15, 0.2) is 5.78 Å². The van der Waals surface area contributed by atoms with Crippen LogP contribution in [0.3, 0.4) is 0 Å². The molecule has 0 spiro atoms. The number of imidazole rings is 1. The molecule has 3 aromatic rings. The molecule has 3 rings (SSSR count). The van der Waals surface area contributed by atoms with Gasteiger partial charge in [-0.3, -0.25) is 9.59 Å². The fourth-order valence-corrected chi connectivity index (χ4v) is 5.31. The Morgan fingerprint density at radius 2 is 1.84 bits per heavy atom. The Morgan fingerprint density at radius 3 is 2.41 bits per heavy atom. The summed E-state index contributed by atoms with van der Waals surface area (Å²) in [6.45, 7) is 10.5. The van der Waals surface area contributed by atoms with Gasteiger partial charge in [-0.25, -0.2) is 4.98 Å². The van der Waals surface area contributed by atoms with Gasteiger partial charge in [0, 0.05) is 34.2 Å². The molecule has 1 aromatic carbocycles. The van der Waals surface area contributed by atoms with Crippen LogP contribution in [0.2, 0.25) is 0 Å². The molecule has 0 amide bonds. The number of carbonyl (C=O) groups excluding carboxylic acids is 1. The Balaban J connectivity index is 1.96. The first-order valence-corrected chi connectivity index (χ1v) is 12.4. The normalized spacial score (nSPS) is 12.7. The van der Waals surface area contributed by atoms with Crippen molar-refractivity contribution in [1.82, 2.24) is 9.55 Å². The summed E-state index contributed by atoms with van der Waals surface area (Å²) in [5.41, 5.74) is 2.39. The van der Waals surface area contributed by atoms with E-state index in [1.54, 1.807) is 11.3 Å². The number of hydrogen-bond donors (Lipinski definition) is 1. The van der Waals surface area contributed by atoms with E-state index < -0.39 is 11.9 Å². The number of aliphatic carboxylic acids is 1. The molecule has 0 bridgehead atoms. The second kappa shape index (κ2) is 10.4. The van der Waals surface area contributed by atoms with E-state index >= 15 is 0 Å². The van der Waals surface area contributed by atoms with Gasteiger partial charge in [-0.15, -0.1) is 11.3 Å². The van der Waals surface area contributed by atoms with Crippen LogP contribution >= 0.6 is 11.3 Å². The van der Waals surface area contributed by atoms with E-state index in [-0.39, 0.29) is 18.1 Å². The van der Waals surface area contributed by atoms with Crippen LogP contribution < -0.4 is 0 Å². The summed E-state index contributed by atoms with van der Waals surface area (Å²) in [7, 11) is 0. The average molecular weight is 455 g/mol. The van der Waals surface area contributed by atoms with Gasteiger partial charge in [0.1, 0.15) is 5.82 Å². The average Bonchev–Trinajstić information content (AvgIpc) is 3.31. The monoisotopic (exact) mass is 454 g/mol. The number of carbonyl (C=O) groups is 2. The minimum atomic E-state index is -0.903. The van der Waals surface area contributed by atoms with E-state index in [0.717, 1.165) is 36.1 Å². The number of ketones is 1. The van der Waals surface area contributed by atoms with E-state index in [4.69, 9.17) is 4.98 Å². The van der Waals surface area contributed by atoms with Crippen LogP contribution in [0.15, 0.2) is 30.3 Å². The van der Waals surface area contributed by atoms with E-state index in [2.05, 4.69) is 37.5 Å². The maximum atomic E-state index is 12.9. The fraction of sp³-hybridized carbons (Fsp3) is 0.500. The van der Waals surface area contributed by atoms with Crippen molar-refractivity contribution in [2.75, 3.05) is 0 Å². The second-order valence-corrected chi connectivity index (χ2v) is 10.4. The van der Waals surface area contributed by atoms with Gasteiger partial charge in [-0.05, 0) is 62.4 Å². The Hall–Kier alpha value is -2.47. The molecule has 2 heterocycles. The highest BCUT2D eigenvalue weighted by molar-refractivity contribution is 7.11. The highest BCUT2D eigenvalue weighted by Gasteiger charge is 2.24. The first-order valence-electron chi connectivity index (χ1n) is 11.6. The molecule has 172 valence electrons. The molecule has 0 aliphatic rings. The lowest BCUT2D eigenvalue weighted by molar-refractivity contribution is -0.142. The van der Waals surface area contributed by atoms with Crippen molar-refractivity contribution in [2.45, 2.75) is 72.8 Å². The number of benzene rings is 1. The molecule has 0 aliphatic heterocycles. The Bertz CT molecular complexity index is 1090. The number of hydrogen-bond acceptors (Lipinski definition) is 4. The van der Waals surface area contributed by atoms with Gasteiger partial charge in [-0.1, -0.05) is 27.7 Å². The number of carboxylic acids is 1. The Labute approximate surface area is 194 Å².